The van der Waals surface area contributed by atoms with Gasteiger partial charge in [0, 0.05) is 5.56 Å². The average molecular weight is 284 g/mol. The number of carboxylic acid groups (broad SMARTS) is 3. The quantitative estimate of drug-likeness (QED) is 0.732. The Hall–Kier alpha value is -2.77. The Kier molecular flexibility index (Phi) is 4.18. The van der Waals surface area contributed by atoms with Crippen molar-refractivity contribution in [1.82, 2.24) is 0 Å². The van der Waals surface area contributed by atoms with Crippen LogP contribution in [0.1, 0.15) is 36.6 Å². The Morgan fingerprint density at radius 2 is 1.05 bits per heavy atom. The van der Waals surface area contributed by atoms with Crippen LogP contribution in [0.15, 0.2) is 0 Å². The fourth-order valence-electron chi connectivity index (χ4n) is 1.96. The summed E-state index contributed by atoms with van der Waals surface area (Å²) < 4.78 is 9.78. The van der Waals surface area contributed by atoms with Crippen LogP contribution in [0.4, 0.5) is 0 Å². The van der Waals surface area contributed by atoms with Gasteiger partial charge in [0.25, 0.3) is 0 Å². The molecule has 8 heteroatoms. The van der Waals surface area contributed by atoms with Gasteiger partial charge in [0.2, 0.25) is 0 Å². The highest BCUT2D eigenvalue weighted by atomic mass is 16.5. The molecule has 0 amide bonds. The van der Waals surface area contributed by atoms with Crippen molar-refractivity contribution in [1.29, 1.82) is 0 Å². The standard InChI is InChI=1S/C12H12O8/c1-4-8(19-2)6(11(15)16)5(10(13)14)7(12(17)18)9(4)20-3/h1-3H3,(H,13,14)(H,15,16)(H,17,18). The van der Waals surface area contributed by atoms with Gasteiger partial charge in [-0.3, -0.25) is 0 Å². The molecule has 108 valence electrons. The first-order valence-electron chi connectivity index (χ1n) is 5.26. The zero-order valence-electron chi connectivity index (χ0n) is 10.9. The van der Waals surface area contributed by atoms with E-state index in [9.17, 15) is 14.4 Å². The van der Waals surface area contributed by atoms with Crippen LogP contribution < -0.4 is 9.47 Å². The highest BCUT2D eigenvalue weighted by Gasteiger charge is 2.33. The van der Waals surface area contributed by atoms with Crippen LogP contribution in [-0.4, -0.2) is 47.4 Å². The van der Waals surface area contributed by atoms with Gasteiger partial charge in [-0.1, -0.05) is 0 Å². The Bertz CT molecular complexity index is 559. The van der Waals surface area contributed by atoms with Crippen molar-refractivity contribution in [2.45, 2.75) is 6.92 Å². The Labute approximate surface area is 113 Å². The normalized spacial score (nSPS) is 9.95. The molecule has 0 heterocycles. The molecule has 1 aromatic carbocycles. The van der Waals surface area contributed by atoms with Crippen molar-refractivity contribution in [2.24, 2.45) is 0 Å². The fraction of sp³-hybridized carbons (Fsp3) is 0.250. The summed E-state index contributed by atoms with van der Waals surface area (Å²) in [6.45, 7) is 1.38. The van der Waals surface area contributed by atoms with Crippen LogP contribution in [0.3, 0.4) is 0 Å². The van der Waals surface area contributed by atoms with Crippen LogP contribution in [0.2, 0.25) is 0 Å². The molecule has 3 N–H and O–H groups in total. The molecule has 0 radical (unpaired) electrons. The lowest BCUT2D eigenvalue weighted by Crippen LogP contribution is -2.18. The molecule has 0 saturated carbocycles. The molecule has 8 nitrogen and oxygen atoms in total. The number of aromatic carboxylic acids is 3. The van der Waals surface area contributed by atoms with E-state index < -0.39 is 34.6 Å². The largest absolute Gasteiger partial charge is 0.495 e. The molecule has 20 heavy (non-hydrogen) atoms. The summed E-state index contributed by atoms with van der Waals surface area (Å²) >= 11 is 0. The Morgan fingerprint density at radius 1 is 0.750 bits per heavy atom. The third-order valence-electron chi connectivity index (χ3n) is 2.69. The average Bonchev–Trinajstić information content (AvgIpc) is 2.36. The number of ether oxygens (including phenoxy) is 2. The smallest absolute Gasteiger partial charge is 0.340 e. The summed E-state index contributed by atoms with van der Waals surface area (Å²) in [6.07, 6.45) is 0. The van der Waals surface area contributed by atoms with Gasteiger partial charge in [0.1, 0.15) is 22.6 Å². The molecule has 0 aliphatic heterocycles. The second kappa shape index (κ2) is 5.47. The van der Waals surface area contributed by atoms with E-state index in [2.05, 4.69) is 0 Å². The van der Waals surface area contributed by atoms with Crippen molar-refractivity contribution >= 4 is 17.9 Å². The van der Waals surface area contributed by atoms with E-state index in [1.807, 2.05) is 0 Å². The highest BCUT2D eigenvalue weighted by molar-refractivity contribution is 6.12. The highest BCUT2D eigenvalue weighted by Crippen LogP contribution is 2.38. The molecule has 0 aliphatic rings. The number of hydrogen-bond acceptors (Lipinski definition) is 5. The summed E-state index contributed by atoms with van der Waals surface area (Å²) in [5, 5.41) is 27.4. The topological polar surface area (TPSA) is 130 Å². The number of carboxylic acids is 3. The van der Waals surface area contributed by atoms with Crippen molar-refractivity contribution in [3.05, 3.63) is 22.3 Å². The molecule has 0 unspecified atom stereocenters. The van der Waals surface area contributed by atoms with E-state index in [0.29, 0.717) is 0 Å². The lowest BCUT2D eigenvalue weighted by atomic mass is 9.95. The van der Waals surface area contributed by atoms with E-state index in [4.69, 9.17) is 24.8 Å². The lowest BCUT2D eigenvalue weighted by Gasteiger charge is -2.17. The third kappa shape index (κ3) is 2.22. The Morgan fingerprint density at radius 3 is 1.25 bits per heavy atom. The zero-order valence-corrected chi connectivity index (χ0v) is 10.9. The van der Waals surface area contributed by atoms with Gasteiger partial charge in [-0.25, -0.2) is 14.4 Å². The summed E-state index contributed by atoms with van der Waals surface area (Å²) in [5.74, 6) is -5.41. The monoisotopic (exact) mass is 284 g/mol. The van der Waals surface area contributed by atoms with Gasteiger partial charge in [-0.2, -0.15) is 0 Å². The summed E-state index contributed by atoms with van der Waals surface area (Å²) in [4.78, 5) is 33.8. The molecule has 0 spiro atoms. The van der Waals surface area contributed by atoms with E-state index in [-0.39, 0.29) is 17.1 Å². The first-order valence-corrected chi connectivity index (χ1v) is 5.26. The minimum absolute atomic E-state index is 0.0924. The zero-order chi connectivity index (χ0) is 15.6. The first-order chi connectivity index (χ1) is 9.27. The third-order valence-corrected chi connectivity index (χ3v) is 2.69. The van der Waals surface area contributed by atoms with Crippen LogP contribution >= 0.6 is 0 Å². The molecule has 1 rings (SSSR count). The maximum atomic E-state index is 11.3. The van der Waals surface area contributed by atoms with Gasteiger partial charge in [-0.05, 0) is 6.92 Å². The summed E-state index contributed by atoms with van der Waals surface area (Å²) in [5.41, 5.74) is -2.24. The Balaban J connectivity index is 4.07. The minimum Gasteiger partial charge on any atom is -0.495 e. The molecule has 1 aromatic rings. The van der Waals surface area contributed by atoms with E-state index in [1.165, 1.54) is 6.92 Å². The molecule has 0 bridgehead atoms. The number of hydrogen-bond donors (Lipinski definition) is 3. The molecule has 0 aromatic heterocycles. The number of benzene rings is 1. The number of rotatable bonds is 5. The maximum Gasteiger partial charge on any atom is 0.340 e. The summed E-state index contributed by atoms with van der Waals surface area (Å²) in [7, 11) is 2.31. The van der Waals surface area contributed by atoms with E-state index in [1.54, 1.807) is 0 Å². The van der Waals surface area contributed by atoms with Gasteiger partial charge >= 0.3 is 17.9 Å². The van der Waals surface area contributed by atoms with E-state index in [0.717, 1.165) is 14.2 Å². The molecule has 0 atom stereocenters. The second-order valence-electron chi connectivity index (χ2n) is 3.73. The molecular weight excluding hydrogens is 272 g/mol. The molecular formula is C12H12O8. The second-order valence-corrected chi connectivity index (χ2v) is 3.73. The number of carbonyl (C=O) groups is 3. The lowest BCUT2D eigenvalue weighted by molar-refractivity contribution is 0.0628. The van der Waals surface area contributed by atoms with Crippen molar-refractivity contribution in [3.63, 3.8) is 0 Å². The van der Waals surface area contributed by atoms with E-state index >= 15 is 0 Å². The van der Waals surface area contributed by atoms with Crippen LogP contribution in [-0.2, 0) is 0 Å². The van der Waals surface area contributed by atoms with Gasteiger partial charge in [-0.15, -0.1) is 0 Å². The van der Waals surface area contributed by atoms with Crippen molar-refractivity contribution < 1.29 is 39.2 Å². The van der Waals surface area contributed by atoms with Crippen molar-refractivity contribution in [2.75, 3.05) is 14.2 Å². The van der Waals surface area contributed by atoms with Crippen LogP contribution in [0, 0.1) is 6.92 Å². The SMILES string of the molecule is COc1c(C)c(OC)c(C(=O)O)c(C(=O)O)c1C(=O)O. The minimum atomic E-state index is -1.70. The maximum absolute atomic E-state index is 11.3. The fourth-order valence-corrected chi connectivity index (χ4v) is 1.96. The predicted octanol–water partition coefficient (Wildman–Crippen LogP) is 1.11. The van der Waals surface area contributed by atoms with Gasteiger partial charge in [0.15, 0.2) is 0 Å². The van der Waals surface area contributed by atoms with Crippen molar-refractivity contribution in [3.8, 4) is 11.5 Å². The predicted molar refractivity (Wildman–Crippen MR) is 65.2 cm³/mol. The van der Waals surface area contributed by atoms with Crippen LogP contribution in [0.5, 0.6) is 11.5 Å². The molecule has 0 saturated heterocycles. The molecule has 0 fully saturated rings. The van der Waals surface area contributed by atoms with Gasteiger partial charge in [0.05, 0.1) is 19.8 Å². The number of methoxy groups -OCH3 is 2. The molecule has 0 aliphatic carbocycles. The van der Waals surface area contributed by atoms with Crippen LogP contribution in [0.25, 0.3) is 0 Å². The van der Waals surface area contributed by atoms with Gasteiger partial charge < -0.3 is 24.8 Å². The summed E-state index contributed by atoms with van der Waals surface area (Å²) in [6, 6.07) is 0. The first kappa shape index (κ1) is 15.3.